The second-order valence-electron chi connectivity index (χ2n) is 9.20. The van der Waals surface area contributed by atoms with Crippen LogP contribution in [0.25, 0.3) is 28.1 Å². The molecule has 6 rings (SSSR count). The topological polar surface area (TPSA) is 94.8 Å². The Kier molecular flexibility index (Phi) is 6.25. The minimum absolute atomic E-state index is 0.00182. The van der Waals surface area contributed by atoms with Gasteiger partial charge in [-0.25, -0.2) is 9.37 Å². The molecule has 1 fully saturated rings. The highest BCUT2D eigenvalue weighted by atomic mass is 19.1. The molecule has 2 aromatic carbocycles. The fourth-order valence-electron chi connectivity index (χ4n) is 4.87. The van der Waals surface area contributed by atoms with Crippen LogP contribution in [0.3, 0.4) is 0 Å². The van der Waals surface area contributed by atoms with Gasteiger partial charge in [-0.1, -0.05) is 24.3 Å². The molecule has 3 aromatic heterocycles. The number of carbonyl (C=O) groups is 1. The number of rotatable bonds is 7. The molecule has 1 aliphatic carbocycles. The molecule has 0 bridgehead atoms. The van der Waals surface area contributed by atoms with Gasteiger partial charge in [-0.15, -0.1) is 10.2 Å². The molecule has 0 spiro atoms. The van der Waals surface area contributed by atoms with Gasteiger partial charge in [0.2, 0.25) is 0 Å². The zero-order valence-electron chi connectivity index (χ0n) is 20.7. The quantitative estimate of drug-likeness (QED) is 0.329. The van der Waals surface area contributed by atoms with Gasteiger partial charge in [-0.2, -0.15) is 0 Å². The monoisotopic (exact) mass is 508 g/mol. The molecule has 0 atom stereocenters. The Bertz CT molecular complexity index is 1610. The van der Waals surface area contributed by atoms with Gasteiger partial charge in [-0.05, 0) is 62.2 Å². The number of amides is 1. The summed E-state index contributed by atoms with van der Waals surface area (Å²) in [5.41, 5.74) is 2.29. The normalized spacial score (nSPS) is 16.7. The van der Waals surface area contributed by atoms with Crippen LogP contribution in [0.2, 0.25) is 0 Å². The van der Waals surface area contributed by atoms with Gasteiger partial charge >= 0.3 is 0 Å². The van der Waals surface area contributed by atoms with Crippen molar-refractivity contribution >= 4 is 16.8 Å². The van der Waals surface area contributed by atoms with Crippen molar-refractivity contribution in [2.75, 3.05) is 6.61 Å². The third kappa shape index (κ3) is 4.36. The number of fused-ring (bicyclic) bond motifs is 1. The van der Waals surface area contributed by atoms with E-state index in [0.717, 1.165) is 10.9 Å². The Balaban J connectivity index is 1.25. The smallest absolute Gasteiger partial charge is 0.252 e. The molecule has 0 saturated heterocycles. The van der Waals surface area contributed by atoms with E-state index >= 15 is 0 Å². The maximum atomic E-state index is 15.0. The average molecular weight is 509 g/mol. The van der Waals surface area contributed by atoms with E-state index in [2.05, 4.69) is 25.5 Å². The second kappa shape index (κ2) is 10.0. The molecule has 0 aliphatic heterocycles. The first-order valence-corrected chi connectivity index (χ1v) is 12.6. The second-order valence-corrected chi connectivity index (χ2v) is 9.20. The molecule has 190 valence electrons. The van der Waals surface area contributed by atoms with Crippen LogP contribution in [-0.4, -0.2) is 43.3 Å². The summed E-state index contributed by atoms with van der Waals surface area (Å²) in [6, 6.07) is 19.4. The molecule has 1 aliphatic rings. The summed E-state index contributed by atoms with van der Waals surface area (Å²) in [7, 11) is 0. The lowest BCUT2D eigenvalue weighted by molar-refractivity contribution is 0.0909. The fraction of sp³-hybridized carbons (Fsp3) is 0.207. The highest BCUT2D eigenvalue weighted by Gasteiger charge is 2.36. The Morgan fingerprint density at radius 1 is 1.03 bits per heavy atom. The van der Waals surface area contributed by atoms with Crippen molar-refractivity contribution < 1.29 is 13.9 Å². The van der Waals surface area contributed by atoms with Crippen molar-refractivity contribution in [2.24, 2.45) is 0 Å². The molecule has 1 saturated carbocycles. The number of nitrogens with zero attached hydrogens (tertiary/aromatic N) is 5. The van der Waals surface area contributed by atoms with Crippen LogP contribution in [0.15, 0.2) is 79.1 Å². The average Bonchev–Trinajstić information content (AvgIpc) is 3.35. The van der Waals surface area contributed by atoms with E-state index in [0.29, 0.717) is 53.8 Å². The zero-order valence-corrected chi connectivity index (χ0v) is 20.7. The lowest BCUT2D eigenvalue weighted by atomic mass is 9.79. The minimum atomic E-state index is -0.380. The number of halogens is 1. The van der Waals surface area contributed by atoms with Crippen LogP contribution >= 0.6 is 0 Å². The summed E-state index contributed by atoms with van der Waals surface area (Å²) in [6.07, 6.45) is 4.66. The largest absolute Gasteiger partial charge is 0.492 e. The van der Waals surface area contributed by atoms with Crippen LogP contribution in [0.5, 0.6) is 5.75 Å². The van der Waals surface area contributed by atoms with Gasteiger partial charge < -0.3 is 10.1 Å². The molecule has 1 amide bonds. The van der Waals surface area contributed by atoms with Gasteiger partial charge in [0, 0.05) is 29.1 Å². The first-order chi connectivity index (χ1) is 18.6. The van der Waals surface area contributed by atoms with E-state index in [4.69, 9.17) is 4.74 Å². The number of ether oxygens (including phenoxy) is 1. The number of pyridine rings is 2. The van der Waals surface area contributed by atoms with Crippen LogP contribution in [0.1, 0.15) is 41.9 Å². The summed E-state index contributed by atoms with van der Waals surface area (Å²) >= 11 is 0. The SMILES string of the molecule is CCOc1ccc(-c2nnc([C@H]3C[C@H](NC(=O)c4cccc5ncccc45)C3)n2-c2ccccc2F)nc1. The molecular weight excluding hydrogens is 483 g/mol. The zero-order chi connectivity index (χ0) is 26.1. The first-order valence-electron chi connectivity index (χ1n) is 12.6. The lowest BCUT2D eigenvalue weighted by Crippen LogP contribution is -2.44. The predicted octanol–water partition coefficient (Wildman–Crippen LogP) is 5.09. The number of hydrogen-bond acceptors (Lipinski definition) is 6. The highest BCUT2D eigenvalue weighted by Crippen LogP contribution is 2.39. The van der Waals surface area contributed by atoms with Crippen molar-refractivity contribution in [3.63, 3.8) is 0 Å². The summed E-state index contributed by atoms with van der Waals surface area (Å²) in [5.74, 6) is 1.21. The van der Waals surface area contributed by atoms with Crippen LogP contribution in [0.4, 0.5) is 4.39 Å². The van der Waals surface area contributed by atoms with Crippen LogP contribution in [-0.2, 0) is 0 Å². The van der Waals surface area contributed by atoms with Crippen molar-refractivity contribution in [3.8, 4) is 23.0 Å². The van der Waals surface area contributed by atoms with Gasteiger partial charge in [0.05, 0.1) is 24.0 Å². The third-order valence-corrected chi connectivity index (χ3v) is 6.79. The molecule has 0 radical (unpaired) electrons. The summed E-state index contributed by atoms with van der Waals surface area (Å²) < 4.78 is 22.2. The summed E-state index contributed by atoms with van der Waals surface area (Å²) in [4.78, 5) is 21.9. The molecule has 5 aromatic rings. The summed E-state index contributed by atoms with van der Waals surface area (Å²) in [5, 5.41) is 12.8. The highest BCUT2D eigenvalue weighted by molar-refractivity contribution is 6.06. The predicted molar refractivity (Wildman–Crippen MR) is 141 cm³/mol. The number of hydrogen-bond donors (Lipinski definition) is 1. The number of nitrogens with one attached hydrogen (secondary N) is 1. The first kappa shape index (κ1) is 23.7. The van der Waals surface area contributed by atoms with Crippen LogP contribution < -0.4 is 10.1 Å². The van der Waals surface area contributed by atoms with Gasteiger partial charge in [0.25, 0.3) is 5.91 Å². The molecule has 3 heterocycles. The number of carbonyl (C=O) groups excluding carboxylic acids is 1. The number of benzene rings is 2. The number of aromatic nitrogens is 5. The maximum absolute atomic E-state index is 15.0. The van der Waals surface area contributed by atoms with Crippen molar-refractivity contribution in [1.29, 1.82) is 0 Å². The standard InChI is InChI=1S/C29H25FN6O2/c1-2-38-20-12-13-25(32-17-20)28-35-34-27(36(28)26-11-4-3-9-23(26)30)18-15-19(16-18)33-29(37)22-7-5-10-24-21(22)8-6-14-31-24/h3-14,17-19H,2,15-16H2,1H3,(H,33,37)/t18-,19-. The summed E-state index contributed by atoms with van der Waals surface area (Å²) in [6.45, 7) is 2.44. The number of para-hydroxylation sites is 1. The van der Waals surface area contributed by atoms with E-state index in [1.54, 1.807) is 47.3 Å². The van der Waals surface area contributed by atoms with Crippen molar-refractivity contribution in [2.45, 2.75) is 31.7 Å². The molecule has 9 heteroatoms. The van der Waals surface area contributed by atoms with Crippen LogP contribution in [0, 0.1) is 5.82 Å². The molecule has 1 N–H and O–H groups in total. The van der Waals surface area contributed by atoms with E-state index < -0.39 is 0 Å². The van der Waals surface area contributed by atoms with E-state index in [-0.39, 0.29) is 23.7 Å². The maximum Gasteiger partial charge on any atom is 0.252 e. The van der Waals surface area contributed by atoms with Crippen molar-refractivity contribution in [1.82, 2.24) is 30.0 Å². The Labute approximate surface area is 218 Å². The molecule has 8 nitrogen and oxygen atoms in total. The third-order valence-electron chi connectivity index (χ3n) is 6.79. The van der Waals surface area contributed by atoms with E-state index in [9.17, 15) is 9.18 Å². The van der Waals surface area contributed by atoms with E-state index in [1.165, 1.54) is 6.07 Å². The Hall–Kier alpha value is -4.66. The Morgan fingerprint density at radius 3 is 2.68 bits per heavy atom. The molecule has 0 unspecified atom stereocenters. The van der Waals surface area contributed by atoms with Gasteiger partial charge in [-0.3, -0.25) is 14.3 Å². The molecular formula is C29H25FN6O2. The van der Waals surface area contributed by atoms with Gasteiger partial charge in [0.1, 0.15) is 23.1 Å². The van der Waals surface area contributed by atoms with E-state index in [1.807, 2.05) is 37.3 Å². The van der Waals surface area contributed by atoms with Gasteiger partial charge in [0.15, 0.2) is 5.82 Å². The Morgan fingerprint density at radius 2 is 1.89 bits per heavy atom. The lowest BCUT2D eigenvalue weighted by Gasteiger charge is -2.35. The van der Waals surface area contributed by atoms with Crippen molar-refractivity contribution in [3.05, 3.63) is 96.3 Å². The fourth-order valence-corrected chi connectivity index (χ4v) is 4.87. The molecule has 38 heavy (non-hydrogen) atoms. The minimum Gasteiger partial charge on any atom is -0.492 e.